The molecule has 0 spiro atoms. The monoisotopic (exact) mass is 409 g/mol. The lowest BCUT2D eigenvalue weighted by Crippen LogP contribution is -2.17. The van der Waals surface area contributed by atoms with E-state index in [4.69, 9.17) is 16.3 Å². The van der Waals surface area contributed by atoms with Crippen molar-refractivity contribution in [3.05, 3.63) is 40.7 Å². The summed E-state index contributed by atoms with van der Waals surface area (Å²) in [7, 11) is -1.50. The van der Waals surface area contributed by atoms with Gasteiger partial charge in [0.05, 0.1) is 29.7 Å². The zero-order chi connectivity index (χ0) is 19.2. The lowest BCUT2D eigenvalue weighted by molar-refractivity contribution is 0.102. The minimum Gasteiger partial charge on any atom is -0.495 e. The molecule has 2 fully saturated rings. The molecule has 1 N–H and O–H groups in total. The van der Waals surface area contributed by atoms with Crippen LogP contribution in [0.25, 0.3) is 0 Å². The molecule has 1 saturated heterocycles. The third-order valence-corrected chi connectivity index (χ3v) is 7.00. The Morgan fingerprint density at radius 2 is 2.07 bits per heavy atom. The van der Waals surface area contributed by atoms with Crippen LogP contribution in [0.5, 0.6) is 5.75 Å². The predicted octanol–water partition coefficient (Wildman–Crippen LogP) is 3.03. The second kappa shape index (κ2) is 6.83. The number of carbonyl (C=O) groups is 1. The van der Waals surface area contributed by atoms with Crippen molar-refractivity contribution >= 4 is 33.0 Å². The van der Waals surface area contributed by atoms with E-state index in [1.165, 1.54) is 7.11 Å². The molecule has 0 unspecified atom stereocenters. The smallest absolute Gasteiger partial charge is 0.276 e. The van der Waals surface area contributed by atoms with E-state index in [0.29, 0.717) is 28.8 Å². The Bertz CT molecular complexity index is 998. The number of aromatic nitrogens is 2. The van der Waals surface area contributed by atoms with Gasteiger partial charge in [0.15, 0.2) is 15.5 Å². The number of carbonyl (C=O) groups excluding carboxylic acids is 1. The number of benzene rings is 1. The van der Waals surface area contributed by atoms with Gasteiger partial charge in [-0.2, -0.15) is 5.10 Å². The van der Waals surface area contributed by atoms with Gasteiger partial charge in [0.2, 0.25) is 0 Å². The average molecular weight is 410 g/mol. The maximum Gasteiger partial charge on any atom is 0.276 e. The molecule has 0 radical (unpaired) electrons. The molecule has 27 heavy (non-hydrogen) atoms. The number of halogens is 1. The van der Waals surface area contributed by atoms with Gasteiger partial charge in [-0.05, 0) is 43.5 Å². The van der Waals surface area contributed by atoms with Crippen molar-refractivity contribution in [1.29, 1.82) is 0 Å². The summed E-state index contributed by atoms with van der Waals surface area (Å²) in [5.41, 5.74) is 1.78. The summed E-state index contributed by atoms with van der Waals surface area (Å²) in [6, 6.07) is 6.58. The lowest BCUT2D eigenvalue weighted by atomic mass is 10.2. The van der Waals surface area contributed by atoms with Gasteiger partial charge < -0.3 is 10.1 Å². The van der Waals surface area contributed by atoms with Gasteiger partial charge in [0.1, 0.15) is 5.75 Å². The van der Waals surface area contributed by atoms with Crippen molar-refractivity contribution in [2.24, 2.45) is 0 Å². The van der Waals surface area contributed by atoms with E-state index in [1.54, 1.807) is 28.9 Å². The molecule has 7 nitrogen and oxygen atoms in total. The van der Waals surface area contributed by atoms with Crippen LogP contribution in [0.2, 0.25) is 5.02 Å². The second-order valence-electron chi connectivity index (χ2n) is 7.03. The second-order valence-corrected chi connectivity index (χ2v) is 9.67. The SMILES string of the molecule is COc1ccc(NC(=O)c2cc(C3CC3)n([C@H]3CCS(=O)(=O)C3)n2)cc1Cl. The molecule has 1 aliphatic carbocycles. The standard InChI is InChI=1S/C18H20ClN3O4S/c1-26-17-5-4-12(8-14(17)19)20-18(23)15-9-16(11-2-3-11)22(21-15)13-6-7-27(24,25)10-13/h4-5,8-9,11,13H,2-3,6-7,10H2,1H3,(H,20,23)/t13-/m0/s1. The summed E-state index contributed by atoms with van der Waals surface area (Å²) in [5, 5.41) is 7.64. The van der Waals surface area contributed by atoms with Gasteiger partial charge in [-0.15, -0.1) is 0 Å². The van der Waals surface area contributed by atoms with Crippen molar-refractivity contribution < 1.29 is 17.9 Å². The van der Waals surface area contributed by atoms with Crippen molar-refractivity contribution in [3.63, 3.8) is 0 Å². The molecule has 1 amide bonds. The van der Waals surface area contributed by atoms with Crippen LogP contribution in [0.1, 0.15) is 47.4 Å². The molecular formula is C18H20ClN3O4S. The topological polar surface area (TPSA) is 90.3 Å². The van der Waals surface area contributed by atoms with E-state index in [0.717, 1.165) is 18.5 Å². The van der Waals surface area contributed by atoms with Gasteiger partial charge in [0, 0.05) is 17.3 Å². The Hall–Kier alpha value is -2.06. The highest BCUT2D eigenvalue weighted by Crippen LogP contribution is 2.42. The first kappa shape index (κ1) is 18.3. The van der Waals surface area contributed by atoms with Gasteiger partial charge >= 0.3 is 0 Å². The average Bonchev–Trinajstić information content (AvgIpc) is 3.26. The molecule has 2 heterocycles. The molecule has 144 valence electrons. The minimum absolute atomic E-state index is 0.0869. The number of ether oxygens (including phenoxy) is 1. The van der Waals surface area contributed by atoms with E-state index in [-0.39, 0.29) is 29.1 Å². The Kier molecular flexibility index (Phi) is 4.63. The predicted molar refractivity (Wildman–Crippen MR) is 102 cm³/mol. The molecule has 9 heteroatoms. The molecular weight excluding hydrogens is 390 g/mol. The number of rotatable bonds is 5. The zero-order valence-electron chi connectivity index (χ0n) is 14.8. The van der Waals surface area contributed by atoms with E-state index in [9.17, 15) is 13.2 Å². The molecule has 1 aliphatic heterocycles. The Labute approximate surface area is 162 Å². The molecule has 1 atom stereocenters. The van der Waals surface area contributed by atoms with Gasteiger partial charge in [0.25, 0.3) is 5.91 Å². The lowest BCUT2D eigenvalue weighted by Gasteiger charge is -2.12. The fourth-order valence-electron chi connectivity index (χ4n) is 3.40. The van der Waals surface area contributed by atoms with Crippen LogP contribution in [0.4, 0.5) is 5.69 Å². The number of nitrogens with zero attached hydrogens (tertiary/aromatic N) is 2. The Morgan fingerprint density at radius 1 is 1.30 bits per heavy atom. The fraction of sp³-hybridized carbons (Fsp3) is 0.444. The van der Waals surface area contributed by atoms with Crippen LogP contribution in [0, 0.1) is 0 Å². The maximum atomic E-state index is 12.7. The first-order chi connectivity index (χ1) is 12.9. The largest absolute Gasteiger partial charge is 0.495 e. The third-order valence-electron chi connectivity index (χ3n) is 4.96. The molecule has 0 bridgehead atoms. The van der Waals surface area contributed by atoms with Crippen LogP contribution in [-0.4, -0.2) is 42.7 Å². The molecule has 1 aromatic heterocycles. The van der Waals surface area contributed by atoms with Gasteiger partial charge in [-0.3, -0.25) is 9.48 Å². The summed E-state index contributed by atoms with van der Waals surface area (Å²) >= 11 is 6.10. The van der Waals surface area contributed by atoms with E-state index >= 15 is 0 Å². The number of hydrogen-bond donors (Lipinski definition) is 1. The summed E-state index contributed by atoms with van der Waals surface area (Å²) in [5.74, 6) is 0.796. The Balaban J connectivity index is 1.57. The molecule has 4 rings (SSSR count). The molecule has 2 aliphatic rings. The summed E-state index contributed by atoms with van der Waals surface area (Å²) in [6.45, 7) is 0. The number of hydrogen-bond acceptors (Lipinski definition) is 5. The van der Waals surface area contributed by atoms with Gasteiger partial charge in [-0.25, -0.2) is 8.42 Å². The van der Waals surface area contributed by atoms with Crippen LogP contribution in [0.3, 0.4) is 0 Å². The van der Waals surface area contributed by atoms with Crippen molar-refractivity contribution in [2.75, 3.05) is 23.9 Å². The number of methoxy groups -OCH3 is 1. The highest BCUT2D eigenvalue weighted by atomic mass is 35.5. The number of sulfone groups is 1. The molecule has 2 aromatic rings. The van der Waals surface area contributed by atoms with E-state index in [1.807, 2.05) is 0 Å². The highest BCUT2D eigenvalue weighted by molar-refractivity contribution is 7.91. The number of nitrogens with one attached hydrogen (secondary N) is 1. The van der Waals surface area contributed by atoms with Gasteiger partial charge in [-0.1, -0.05) is 11.6 Å². The van der Waals surface area contributed by atoms with Crippen molar-refractivity contribution in [3.8, 4) is 5.75 Å². The first-order valence-corrected chi connectivity index (χ1v) is 11.0. The number of anilines is 1. The number of amides is 1. The van der Waals surface area contributed by atoms with Crippen LogP contribution < -0.4 is 10.1 Å². The Morgan fingerprint density at radius 3 is 2.67 bits per heavy atom. The van der Waals surface area contributed by atoms with Crippen LogP contribution in [0.15, 0.2) is 24.3 Å². The van der Waals surface area contributed by atoms with Crippen molar-refractivity contribution in [1.82, 2.24) is 9.78 Å². The highest BCUT2D eigenvalue weighted by Gasteiger charge is 2.36. The quantitative estimate of drug-likeness (QED) is 0.819. The summed E-state index contributed by atoms with van der Waals surface area (Å²) in [6.07, 6.45) is 2.62. The third kappa shape index (κ3) is 3.82. The van der Waals surface area contributed by atoms with E-state index in [2.05, 4.69) is 10.4 Å². The first-order valence-electron chi connectivity index (χ1n) is 8.81. The van der Waals surface area contributed by atoms with Crippen LogP contribution in [-0.2, 0) is 9.84 Å². The zero-order valence-corrected chi connectivity index (χ0v) is 16.4. The van der Waals surface area contributed by atoms with Crippen LogP contribution >= 0.6 is 11.6 Å². The normalized spacial score (nSPS) is 21.2. The summed E-state index contributed by atoms with van der Waals surface area (Å²) in [4.78, 5) is 12.7. The maximum absolute atomic E-state index is 12.7. The summed E-state index contributed by atoms with van der Waals surface area (Å²) < 4.78 is 30.5. The van der Waals surface area contributed by atoms with E-state index < -0.39 is 9.84 Å². The van der Waals surface area contributed by atoms with Crippen molar-refractivity contribution in [2.45, 2.75) is 31.2 Å². The minimum atomic E-state index is -3.02. The molecule has 1 aromatic carbocycles. The fourth-order valence-corrected chi connectivity index (χ4v) is 5.35. The molecule has 1 saturated carbocycles.